The molecule has 2 aromatic carbocycles. The molecule has 240 valence electrons. The van der Waals surface area contributed by atoms with E-state index in [1.807, 2.05) is 5.32 Å². The molecule has 0 spiro atoms. The van der Waals surface area contributed by atoms with Crippen LogP contribution in [0.4, 0.5) is 44.2 Å². The van der Waals surface area contributed by atoms with Crippen LogP contribution in [-0.4, -0.2) is 97.3 Å². The van der Waals surface area contributed by atoms with Gasteiger partial charge < -0.3 is 29.9 Å². The Labute approximate surface area is 252 Å². The highest BCUT2D eigenvalue weighted by Gasteiger charge is 2.34. The first kappa shape index (κ1) is 30.2. The third-order valence-corrected chi connectivity index (χ3v) is 7.95. The van der Waals surface area contributed by atoms with E-state index < -0.39 is 36.2 Å². The fourth-order valence-electron chi connectivity index (χ4n) is 5.73. The van der Waals surface area contributed by atoms with Crippen molar-refractivity contribution in [3.63, 3.8) is 0 Å². The number of aromatic nitrogens is 2. The standard InChI is InChI=1S/C28H29F4N7O6/c29-20-12-17(37-15-18(45-28(37)43)14-33-25(40)24(31)32)13-21(30)23(20)35-3-5-38-22-2-1-16(11-19(22)26(41)39(38)6-4-35)34-27(42)36-7-9-44-10-8-36/h1-2,11-13,18,24H,3-10,14-15H2,(H,33,40)(H,34,42). The van der Waals surface area contributed by atoms with Crippen molar-refractivity contribution in [3.8, 4) is 0 Å². The van der Waals surface area contributed by atoms with E-state index in [1.54, 1.807) is 27.8 Å². The number of hydrogen-bond acceptors (Lipinski definition) is 7. The van der Waals surface area contributed by atoms with E-state index in [0.717, 1.165) is 17.0 Å². The Morgan fingerprint density at radius 3 is 2.31 bits per heavy atom. The van der Waals surface area contributed by atoms with Gasteiger partial charge in [-0.3, -0.25) is 19.2 Å². The molecule has 3 aromatic rings. The van der Waals surface area contributed by atoms with Gasteiger partial charge in [-0.05, 0) is 18.2 Å². The van der Waals surface area contributed by atoms with Crippen molar-refractivity contribution < 1.29 is 41.4 Å². The summed E-state index contributed by atoms with van der Waals surface area (Å²) in [7, 11) is 0. The average molecular weight is 636 g/mol. The van der Waals surface area contributed by atoms with Gasteiger partial charge in [0.05, 0.1) is 56.0 Å². The Morgan fingerprint density at radius 1 is 0.933 bits per heavy atom. The molecule has 17 heteroatoms. The van der Waals surface area contributed by atoms with Gasteiger partial charge in [-0.25, -0.2) is 23.1 Å². The molecule has 2 N–H and O–H groups in total. The summed E-state index contributed by atoms with van der Waals surface area (Å²) in [4.78, 5) is 53.4. The summed E-state index contributed by atoms with van der Waals surface area (Å²) in [5, 5.41) is 5.16. The van der Waals surface area contributed by atoms with Crippen molar-refractivity contribution >= 4 is 46.0 Å². The van der Waals surface area contributed by atoms with Gasteiger partial charge in [0.25, 0.3) is 11.5 Å². The minimum atomic E-state index is -3.23. The molecule has 45 heavy (non-hydrogen) atoms. The summed E-state index contributed by atoms with van der Waals surface area (Å²) in [6.07, 6.45) is -5.17. The molecule has 1 unspecified atom stereocenters. The van der Waals surface area contributed by atoms with Gasteiger partial charge in [-0.2, -0.15) is 8.78 Å². The molecular formula is C28H29F4N7O6. The number of amides is 4. The number of rotatable bonds is 6. The van der Waals surface area contributed by atoms with E-state index in [0.29, 0.717) is 42.9 Å². The number of anilines is 3. The largest absolute Gasteiger partial charge is 0.442 e. The molecule has 13 nitrogen and oxygen atoms in total. The molecule has 0 aliphatic carbocycles. The van der Waals surface area contributed by atoms with Crippen molar-refractivity contribution in [2.24, 2.45) is 0 Å². The average Bonchev–Trinajstić information content (AvgIpc) is 3.42. The first-order chi connectivity index (χ1) is 21.6. The van der Waals surface area contributed by atoms with E-state index >= 15 is 8.78 Å². The van der Waals surface area contributed by atoms with E-state index in [9.17, 15) is 28.0 Å². The number of nitrogens with one attached hydrogen (secondary N) is 2. The Bertz CT molecular complexity index is 1680. The van der Waals surface area contributed by atoms with Gasteiger partial charge in [0.15, 0.2) is 11.6 Å². The summed E-state index contributed by atoms with van der Waals surface area (Å²) >= 11 is 0. The SMILES string of the molecule is O=C(NCC1CN(c2cc(F)c(N3CCn4c(=O)c5cc(NC(=O)N6CCOCC6)ccc5n4CC3)c(F)c2)C(=O)O1)C(F)F. The first-order valence-electron chi connectivity index (χ1n) is 14.3. The topological polar surface area (TPSA) is 130 Å². The van der Waals surface area contributed by atoms with Crippen molar-refractivity contribution in [2.45, 2.75) is 25.6 Å². The van der Waals surface area contributed by atoms with Gasteiger partial charge >= 0.3 is 18.5 Å². The highest BCUT2D eigenvalue weighted by Crippen LogP contribution is 2.32. The van der Waals surface area contributed by atoms with Gasteiger partial charge in [0.2, 0.25) is 0 Å². The Morgan fingerprint density at radius 2 is 1.62 bits per heavy atom. The number of carbonyl (C=O) groups excluding carboxylic acids is 3. The molecule has 3 aliphatic rings. The fourth-order valence-corrected chi connectivity index (χ4v) is 5.73. The molecule has 4 heterocycles. The summed E-state index contributed by atoms with van der Waals surface area (Å²) in [6, 6.07) is 6.67. The Balaban J connectivity index is 1.15. The van der Waals surface area contributed by atoms with E-state index in [4.69, 9.17) is 9.47 Å². The lowest BCUT2D eigenvalue weighted by Gasteiger charge is -2.26. The number of halogens is 4. The number of benzene rings is 2. The van der Waals surface area contributed by atoms with Crippen LogP contribution in [0.2, 0.25) is 0 Å². The lowest BCUT2D eigenvalue weighted by Crippen LogP contribution is -2.43. The number of ether oxygens (including phenoxy) is 2. The van der Waals surface area contributed by atoms with Crippen LogP contribution in [-0.2, 0) is 27.4 Å². The highest BCUT2D eigenvalue weighted by atomic mass is 19.3. The lowest BCUT2D eigenvalue weighted by molar-refractivity contribution is -0.132. The van der Waals surface area contributed by atoms with Crippen LogP contribution in [0.3, 0.4) is 0 Å². The molecule has 0 bridgehead atoms. The van der Waals surface area contributed by atoms with E-state index in [2.05, 4.69) is 5.32 Å². The molecule has 6 rings (SSSR count). The van der Waals surface area contributed by atoms with Crippen molar-refractivity contribution in [2.75, 3.05) is 67.6 Å². The minimum Gasteiger partial charge on any atom is -0.442 e. The maximum atomic E-state index is 15.4. The molecule has 0 saturated carbocycles. The van der Waals surface area contributed by atoms with Gasteiger partial charge in [-0.1, -0.05) is 0 Å². The van der Waals surface area contributed by atoms with Crippen LogP contribution >= 0.6 is 0 Å². The van der Waals surface area contributed by atoms with Gasteiger partial charge in [0.1, 0.15) is 11.8 Å². The van der Waals surface area contributed by atoms with E-state index in [1.165, 1.54) is 9.58 Å². The smallest absolute Gasteiger partial charge is 0.414 e. The molecule has 1 aromatic heterocycles. The number of urea groups is 1. The summed E-state index contributed by atoms with van der Waals surface area (Å²) in [5.41, 5.74) is 0.297. The van der Waals surface area contributed by atoms with Crippen LogP contribution in [0, 0.1) is 11.6 Å². The monoisotopic (exact) mass is 635 g/mol. The van der Waals surface area contributed by atoms with E-state index in [-0.39, 0.29) is 62.2 Å². The van der Waals surface area contributed by atoms with Crippen molar-refractivity contribution in [1.29, 1.82) is 0 Å². The highest BCUT2D eigenvalue weighted by molar-refractivity contribution is 5.93. The molecule has 3 aliphatic heterocycles. The molecule has 0 radical (unpaired) electrons. The number of morpholine rings is 1. The molecule has 2 saturated heterocycles. The van der Waals surface area contributed by atoms with Gasteiger partial charge in [-0.15, -0.1) is 0 Å². The zero-order valence-corrected chi connectivity index (χ0v) is 23.8. The Kier molecular flexibility index (Phi) is 8.26. The van der Waals surface area contributed by atoms with Crippen molar-refractivity contribution in [1.82, 2.24) is 19.6 Å². The van der Waals surface area contributed by atoms with Crippen LogP contribution in [0.15, 0.2) is 35.1 Å². The number of nitrogens with zero attached hydrogens (tertiary/aromatic N) is 5. The normalized spacial score (nSPS) is 18.6. The minimum absolute atomic E-state index is 0.0989. The number of cyclic esters (lactones) is 1. The molecule has 4 amide bonds. The Hall–Kier alpha value is -4.80. The van der Waals surface area contributed by atoms with Crippen LogP contribution in [0.25, 0.3) is 10.9 Å². The third kappa shape index (κ3) is 5.99. The second-order valence-corrected chi connectivity index (χ2v) is 10.7. The quantitative estimate of drug-likeness (QED) is 0.397. The number of carbonyl (C=O) groups is 3. The van der Waals surface area contributed by atoms with Crippen molar-refractivity contribution in [3.05, 3.63) is 52.3 Å². The second kappa shape index (κ2) is 12.3. The maximum absolute atomic E-state index is 15.4. The van der Waals surface area contributed by atoms with Crippen LogP contribution in [0.5, 0.6) is 0 Å². The van der Waals surface area contributed by atoms with Crippen LogP contribution in [0.1, 0.15) is 0 Å². The zero-order chi connectivity index (χ0) is 31.8. The summed E-state index contributed by atoms with van der Waals surface area (Å²) < 4.78 is 69.2. The zero-order valence-electron chi connectivity index (χ0n) is 23.8. The third-order valence-electron chi connectivity index (χ3n) is 7.95. The molecular weight excluding hydrogens is 606 g/mol. The fraction of sp³-hybridized carbons (Fsp3) is 0.429. The second-order valence-electron chi connectivity index (χ2n) is 10.7. The number of alkyl halides is 2. The predicted octanol–water partition coefficient (Wildman–Crippen LogP) is 2.17. The first-order valence-corrected chi connectivity index (χ1v) is 14.3. The summed E-state index contributed by atoms with van der Waals surface area (Å²) in [5.74, 6) is -3.42. The number of hydrogen-bond donors (Lipinski definition) is 2. The van der Waals surface area contributed by atoms with Gasteiger partial charge in [0, 0.05) is 44.0 Å². The maximum Gasteiger partial charge on any atom is 0.414 e. The molecule has 1 atom stereocenters. The summed E-state index contributed by atoms with van der Waals surface area (Å²) in [6.45, 7) is 1.85. The predicted molar refractivity (Wildman–Crippen MR) is 153 cm³/mol. The number of fused-ring (bicyclic) bond motifs is 3. The lowest BCUT2D eigenvalue weighted by atomic mass is 10.2. The molecule has 2 fully saturated rings. The van der Waals surface area contributed by atoms with Crippen LogP contribution < -0.4 is 26.0 Å².